The van der Waals surface area contributed by atoms with E-state index < -0.39 is 0 Å². The Morgan fingerprint density at radius 1 is 0.737 bits per heavy atom. The second-order valence-electron chi connectivity index (χ2n) is 3.78. The van der Waals surface area contributed by atoms with Crippen molar-refractivity contribution in [1.29, 1.82) is 0 Å². The van der Waals surface area contributed by atoms with Gasteiger partial charge in [0, 0.05) is 0 Å². The average Bonchev–Trinajstić information content (AvgIpc) is 2.83. The second-order valence-corrected chi connectivity index (χ2v) is 3.78. The Morgan fingerprint density at radius 2 is 1.00 bits per heavy atom. The van der Waals surface area contributed by atoms with E-state index in [0.717, 1.165) is 0 Å². The summed E-state index contributed by atoms with van der Waals surface area (Å²) in [7, 11) is 0. The van der Waals surface area contributed by atoms with Gasteiger partial charge in [0.2, 0.25) is 0 Å². The maximum atomic E-state index is 3.00. The first-order chi connectivity index (χ1) is 7.61. The average molecular weight is 464 g/mol. The summed E-state index contributed by atoms with van der Waals surface area (Å²) in [6.07, 6.45) is 0. The molecule has 2 aromatic rings. The van der Waals surface area contributed by atoms with Gasteiger partial charge in [-0.15, -0.1) is 13.2 Å². The Bertz CT molecular complexity index is 331. The molecule has 0 aromatic heterocycles. The molecule has 0 saturated carbocycles. The summed E-state index contributed by atoms with van der Waals surface area (Å²) >= 11 is 0. The molecule has 0 aliphatic heterocycles. The molecule has 2 rings (SSSR count). The van der Waals surface area contributed by atoms with Gasteiger partial charge in [-0.25, -0.2) is 12.1 Å². The molecular formula is C16H22Cl2Hf. The zero-order valence-electron chi connectivity index (χ0n) is 12.1. The van der Waals surface area contributed by atoms with E-state index >= 15 is 0 Å². The van der Waals surface area contributed by atoms with E-state index in [1.807, 2.05) is 0 Å². The van der Waals surface area contributed by atoms with Gasteiger partial charge in [0.1, 0.15) is 0 Å². The van der Waals surface area contributed by atoms with Crippen LogP contribution in [0.4, 0.5) is 0 Å². The van der Waals surface area contributed by atoms with Gasteiger partial charge >= 0.3 is 25.8 Å². The van der Waals surface area contributed by atoms with E-state index in [-0.39, 0.29) is 50.7 Å². The smallest absolute Gasteiger partial charge is 1.00 e. The van der Waals surface area contributed by atoms with E-state index in [1.165, 1.54) is 22.3 Å². The van der Waals surface area contributed by atoms with Crippen LogP contribution in [-0.4, -0.2) is 0 Å². The Labute approximate surface area is 149 Å². The van der Waals surface area contributed by atoms with E-state index in [1.54, 1.807) is 0 Å². The molecule has 0 spiro atoms. The van der Waals surface area contributed by atoms with Gasteiger partial charge in [0.15, 0.2) is 0 Å². The monoisotopic (exact) mass is 464 g/mol. The molecule has 2 aromatic carbocycles. The van der Waals surface area contributed by atoms with Crippen LogP contribution in [0.3, 0.4) is 0 Å². The molecule has 0 radical (unpaired) electrons. The minimum absolute atomic E-state index is 0. The molecule has 0 unspecified atom stereocenters. The van der Waals surface area contributed by atoms with E-state index in [2.05, 4.69) is 77.3 Å². The molecular weight excluding hydrogens is 442 g/mol. The van der Waals surface area contributed by atoms with Gasteiger partial charge in [-0.05, 0) is 0 Å². The molecule has 19 heavy (non-hydrogen) atoms. The van der Waals surface area contributed by atoms with E-state index in [4.69, 9.17) is 0 Å². The van der Waals surface area contributed by atoms with Crippen LogP contribution >= 0.6 is 0 Å². The minimum Gasteiger partial charge on any atom is -1.00 e. The Morgan fingerprint density at radius 3 is 1.05 bits per heavy atom. The van der Waals surface area contributed by atoms with Crippen molar-refractivity contribution in [3.63, 3.8) is 0 Å². The van der Waals surface area contributed by atoms with Crippen LogP contribution in [0.15, 0.2) is 49.6 Å². The Balaban J connectivity index is -0.0000000919. The normalized spacial score (nSPS) is 7.16. The quantitative estimate of drug-likeness (QED) is 0.263. The predicted octanol–water partition coefficient (Wildman–Crippen LogP) is -1.15. The van der Waals surface area contributed by atoms with E-state index in [9.17, 15) is 0 Å². The number of halogens is 2. The zero-order valence-corrected chi connectivity index (χ0v) is 17.2. The number of aryl methyl sites for hydroxylation is 4. The third-order valence-electron chi connectivity index (χ3n) is 2.63. The fourth-order valence-electron chi connectivity index (χ4n) is 1.20. The fraction of sp³-hybridized carbons (Fsp3) is 0.250. The minimum atomic E-state index is 0. The molecule has 104 valence electrons. The largest absolute Gasteiger partial charge is 4.00 e. The summed E-state index contributed by atoms with van der Waals surface area (Å²) in [5.74, 6) is 0. The maximum Gasteiger partial charge on any atom is 4.00 e. The number of hydrogen-bond acceptors (Lipinski definition) is 0. The third-order valence-corrected chi connectivity index (χ3v) is 2.63. The van der Waals surface area contributed by atoms with Crippen molar-refractivity contribution >= 4 is 0 Å². The second kappa shape index (κ2) is 15.9. The van der Waals surface area contributed by atoms with Crippen molar-refractivity contribution in [2.24, 2.45) is 0 Å². The van der Waals surface area contributed by atoms with Crippen LogP contribution in [0.5, 0.6) is 0 Å². The molecule has 0 heterocycles. The summed E-state index contributed by atoms with van der Waals surface area (Å²) in [5, 5.41) is 0. The molecule has 0 bridgehead atoms. The van der Waals surface area contributed by atoms with Crippen LogP contribution < -0.4 is 24.8 Å². The molecule has 0 fully saturated rings. The molecule has 0 N–H and O–H groups in total. The molecule has 0 atom stereocenters. The topological polar surface area (TPSA) is 0 Å². The first-order valence-corrected chi connectivity index (χ1v) is 5.49. The van der Waals surface area contributed by atoms with Crippen molar-refractivity contribution in [1.82, 2.24) is 0 Å². The van der Waals surface area contributed by atoms with Gasteiger partial charge < -0.3 is 24.8 Å². The Kier molecular flexibility index (Phi) is 22.9. The maximum absolute atomic E-state index is 3.00. The van der Waals surface area contributed by atoms with Crippen LogP contribution in [0.1, 0.15) is 22.3 Å². The molecule has 0 aliphatic carbocycles. The van der Waals surface area contributed by atoms with Crippen LogP contribution in [0.25, 0.3) is 0 Å². The standard InChI is InChI=1S/2C7H9.C2H4.2ClH.Hf/c2*1-6-4-3-5-7(6)2;1-2;;;/h2*3-5H,1-2H3;1-2H2;2*1H;/q2*-1;;;;+4/p-2. The van der Waals surface area contributed by atoms with Crippen molar-refractivity contribution in [3.8, 4) is 0 Å². The van der Waals surface area contributed by atoms with Crippen LogP contribution in [-0.2, 0) is 25.8 Å². The fourth-order valence-corrected chi connectivity index (χ4v) is 1.20. The Hall–Kier alpha value is -0.110. The van der Waals surface area contributed by atoms with Gasteiger partial charge in [-0.2, -0.15) is 46.5 Å². The summed E-state index contributed by atoms with van der Waals surface area (Å²) in [6.45, 7) is 14.5. The molecule has 3 heteroatoms. The molecule has 0 amide bonds. The molecule has 0 aliphatic rings. The van der Waals surface area contributed by atoms with Gasteiger partial charge in [0.25, 0.3) is 0 Å². The summed E-state index contributed by atoms with van der Waals surface area (Å²) in [6, 6.07) is 12.6. The zero-order chi connectivity index (χ0) is 12.6. The first kappa shape index (κ1) is 27.3. The van der Waals surface area contributed by atoms with Gasteiger partial charge in [-0.3, -0.25) is 0 Å². The summed E-state index contributed by atoms with van der Waals surface area (Å²) in [4.78, 5) is 0. The summed E-state index contributed by atoms with van der Waals surface area (Å²) < 4.78 is 0. The molecule has 0 nitrogen and oxygen atoms in total. The van der Waals surface area contributed by atoms with Crippen molar-refractivity contribution in [3.05, 3.63) is 71.8 Å². The predicted molar refractivity (Wildman–Crippen MR) is 74.3 cm³/mol. The number of rotatable bonds is 0. The van der Waals surface area contributed by atoms with Crippen molar-refractivity contribution < 1.29 is 50.7 Å². The number of hydrogen-bond donors (Lipinski definition) is 0. The first-order valence-electron chi connectivity index (χ1n) is 5.49. The van der Waals surface area contributed by atoms with Crippen molar-refractivity contribution in [2.45, 2.75) is 27.7 Å². The summed E-state index contributed by atoms with van der Waals surface area (Å²) in [5.41, 5.74) is 5.56. The van der Waals surface area contributed by atoms with Crippen molar-refractivity contribution in [2.75, 3.05) is 0 Å². The third kappa shape index (κ3) is 11.4. The van der Waals surface area contributed by atoms with Crippen LogP contribution in [0.2, 0.25) is 0 Å². The van der Waals surface area contributed by atoms with Gasteiger partial charge in [-0.1, -0.05) is 27.7 Å². The van der Waals surface area contributed by atoms with E-state index in [0.29, 0.717) is 0 Å². The van der Waals surface area contributed by atoms with Crippen LogP contribution in [0, 0.1) is 27.7 Å². The molecule has 0 saturated heterocycles. The SMILES string of the molecule is C=C.Cc1cc[cH-]c1C.Cc1cc[cH-]c1C.[Cl-].[Cl-].[Hf+4]. The van der Waals surface area contributed by atoms with Gasteiger partial charge in [0.05, 0.1) is 0 Å².